The van der Waals surface area contributed by atoms with Gasteiger partial charge in [0.2, 0.25) is 0 Å². The summed E-state index contributed by atoms with van der Waals surface area (Å²) in [6.07, 6.45) is 3.50. The summed E-state index contributed by atoms with van der Waals surface area (Å²) in [6.45, 7) is 0. The van der Waals surface area contributed by atoms with E-state index in [0.29, 0.717) is 0 Å². The molecule has 1 heterocycles. The van der Waals surface area contributed by atoms with Crippen LogP contribution in [-0.4, -0.2) is 30.9 Å². The maximum absolute atomic E-state index is 9.51. The van der Waals surface area contributed by atoms with E-state index < -0.39 is 20.8 Å². The molecule has 0 unspecified atom stereocenters. The van der Waals surface area contributed by atoms with E-state index in [2.05, 4.69) is 13.7 Å². The Morgan fingerprint density at radius 3 is 1.31 bits per heavy atom. The predicted octanol–water partition coefficient (Wildman–Crippen LogP) is -0.378. The third kappa shape index (κ3) is 12.9. The maximum atomic E-state index is 9.51. The highest BCUT2D eigenvalue weighted by Crippen LogP contribution is 1.92. The number of hydrogen-bond acceptors (Lipinski definition) is 7. The minimum Gasteiger partial charge on any atom is -0.265 e. The van der Waals surface area contributed by atoms with Gasteiger partial charge < -0.3 is 0 Å². The van der Waals surface area contributed by atoms with E-state index in [0.717, 1.165) is 0 Å². The molecule has 0 amide bonds. The summed E-state index contributed by atoms with van der Waals surface area (Å²) >= 11 is 0. The molecule has 0 aliphatic heterocycles. The number of rotatable bonds is 3. The Morgan fingerprint density at radius 2 is 1.19 bits per heavy atom. The highest BCUT2D eigenvalue weighted by Gasteiger charge is 2.13. The number of pyridine rings is 1. The summed E-state index contributed by atoms with van der Waals surface area (Å²) in [5, 5.41) is 0. The molecule has 0 aliphatic carbocycles. The van der Waals surface area contributed by atoms with Crippen LogP contribution >= 0.6 is 0 Å². The van der Waals surface area contributed by atoms with Crippen molar-refractivity contribution in [1.29, 1.82) is 0 Å². The number of nitrogens with zero attached hydrogens (tertiary/aromatic N) is 1. The average molecular weight is 273 g/mol. The van der Waals surface area contributed by atoms with Crippen LogP contribution in [0, 0.1) is 0 Å². The van der Waals surface area contributed by atoms with E-state index >= 15 is 0 Å². The molecule has 2 N–H and O–H groups in total. The maximum Gasteiger partial charge on any atom is 0.425 e. The monoisotopic (exact) mass is 273 g/mol. The lowest BCUT2D eigenvalue weighted by molar-refractivity contribution is -0.105. The second-order valence-corrected chi connectivity index (χ2v) is 4.00. The Hall–Kier alpha value is -1.11. The third-order valence-electron chi connectivity index (χ3n) is 0.766. The minimum absolute atomic E-state index is 1.75. The van der Waals surface area contributed by atoms with Gasteiger partial charge in [-0.2, -0.15) is 16.8 Å². The first-order chi connectivity index (χ1) is 7.21. The van der Waals surface area contributed by atoms with Crippen molar-refractivity contribution >= 4 is 20.8 Å². The van der Waals surface area contributed by atoms with Gasteiger partial charge in [0.1, 0.15) is 0 Å². The van der Waals surface area contributed by atoms with Crippen molar-refractivity contribution in [3.05, 3.63) is 30.6 Å². The fourth-order valence-electron chi connectivity index (χ4n) is 0.383. The van der Waals surface area contributed by atoms with Crippen molar-refractivity contribution in [1.82, 2.24) is 4.98 Å². The molecule has 11 heteroatoms. The molecule has 1 aromatic heterocycles. The molecule has 0 radical (unpaired) electrons. The molecule has 9 nitrogen and oxygen atoms in total. The van der Waals surface area contributed by atoms with Crippen molar-refractivity contribution in [2.75, 3.05) is 0 Å². The smallest absolute Gasteiger partial charge is 0.265 e. The van der Waals surface area contributed by atoms with Gasteiger partial charge in [0.25, 0.3) is 0 Å². The summed E-state index contributed by atoms with van der Waals surface area (Å²) in [6, 6.07) is 5.72. The van der Waals surface area contributed by atoms with Crippen LogP contribution in [0.4, 0.5) is 0 Å². The molecule has 1 rings (SSSR count). The summed E-state index contributed by atoms with van der Waals surface area (Å²) in [5.41, 5.74) is 0. The quantitative estimate of drug-likeness (QED) is 0.428. The van der Waals surface area contributed by atoms with Gasteiger partial charge in [0, 0.05) is 12.4 Å². The van der Waals surface area contributed by atoms with E-state index in [1.807, 2.05) is 18.2 Å². The van der Waals surface area contributed by atoms with Gasteiger partial charge in [-0.15, -0.1) is 0 Å². The Labute approximate surface area is 91.5 Å². The largest absolute Gasteiger partial charge is 0.425 e. The minimum atomic E-state index is -5.02. The molecule has 0 spiro atoms. The summed E-state index contributed by atoms with van der Waals surface area (Å²) in [5.74, 6) is 0. The van der Waals surface area contributed by atoms with Gasteiger partial charge >= 0.3 is 20.8 Å². The third-order valence-corrected chi connectivity index (χ3v) is 1.33. The Balaban J connectivity index is 0.000000315. The zero-order chi connectivity index (χ0) is 12.7. The second-order valence-electron chi connectivity index (χ2n) is 2.02. The van der Waals surface area contributed by atoms with E-state index in [-0.39, 0.29) is 0 Å². The zero-order valence-corrected chi connectivity index (χ0v) is 9.13. The van der Waals surface area contributed by atoms with Crippen LogP contribution in [0.15, 0.2) is 30.6 Å². The van der Waals surface area contributed by atoms with Crippen LogP contribution in [0.2, 0.25) is 0 Å². The number of hydrogen-bond donors (Lipinski definition) is 2. The first kappa shape index (κ1) is 14.9. The van der Waals surface area contributed by atoms with Gasteiger partial charge in [-0.3, -0.25) is 14.1 Å². The first-order valence-corrected chi connectivity index (χ1v) is 6.11. The first-order valence-electron chi connectivity index (χ1n) is 3.38. The van der Waals surface area contributed by atoms with Crippen molar-refractivity contribution < 1.29 is 34.6 Å². The molecule has 0 aliphatic rings. The Bertz CT molecular complexity index is 422. The average Bonchev–Trinajstić information content (AvgIpc) is 2.17. The SMILES string of the molecule is O=S(=O)(O)OOS(=O)(=O)O.c1ccncc1. The van der Waals surface area contributed by atoms with Crippen LogP contribution in [0.3, 0.4) is 0 Å². The van der Waals surface area contributed by atoms with Gasteiger partial charge in [-0.25, -0.2) is 0 Å². The van der Waals surface area contributed by atoms with E-state index in [9.17, 15) is 16.8 Å². The second kappa shape index (κ2) is 6.47. The molecule has 92 valence electrons. The van der Waals surface area contributed by atoms with Crippen molar-refractivity contribution in [2.45, 2.75) is 0 Å². The fraction of sp³-hybridized carbons (Fsp3) is 0. The molecule has 1 aromatic rings. The van der Waals surface area contributed by atoms with Crippen molar-refractivity contribution in [3.8, 4) is 0 Å². The predicted molar refractivity (Wildman–Crippen MR) is 49.5 cm³/mol. The molecule has 0 atom stereocenters. The lowest BCUT2D eigenvalue weighted by atomic mass is 10.5. The van der Waals surface area contributed by atoms with Gasteiger partial charge in [-0.1, -0.05) is 14.7 Å². The standard InChI is InChI=1S/C5H5N.H2O8S2/c1-2-4-6-5-3-1;1-9(2,3)7-8-10(4,5)6/h1-5H;(H,1,2,3)(H,4,5,6). The summed E-state index contributed by atoms with van der Waals surface area (Å²) < 4.78 is 58.9. The molecule has 0 bridgehead atoms. The van der Waals surface area contributed by atoms with Crippen LogP contribution in [0.25, 0.3) is 0 Å². The van der Waals surface area contributed by atoms with Crippen LogP contribution in [0.5, 0.6) is 0 Å². The lowest BCUT2D eigenvalue weighted by Gasteiger charge is -1.92. The summed E-state index contributed by atoms with van der Waals surface area (Å²) in [4.78, 5) is 3.78. The van der Waals surface area contributed by atoms with E-state index in [1.54, 1.807) is 12.4 Å². The van der Waals surface area contributed by atoms with Crippen molar-refractivity contribution in [3.63, 3.8) is 0 Å². The number of aromatic nitrogens is 1. The van der Waals surface area contributed by atoms with Gasteiger partial charge in [0.15, 0.2) is 0 Å². The molecular formula is C5H7NO8S2. The van der Waals surface area contributed by atoms with E-state index in [1.165, 1.54) is 0 Å². The van der Waals surface area contributed by atoms with Gasteiger partial charge in [0.05, 0.1) is 0 Å². The molecule has 0 aromatic carbocycles. The molecule has 0 saturated heterocycles. The zero-order valence-electron chi connectivity index (χ0n) is 7.49. The lowest BCUT2D eigenvalue weighted by Crippen LogP contribution is -2.10. The highest BCUT2D eigenvalue weighted by molar-refractivity contribution is 7.83. The van der Waals surface area contributed by atoms with E-state index in [4.69, 9.17) is 9.11 Å². The van der Waals surface area contributed by atoms with Crippen LogP contribution in [-0.2, 0) is 29.5 Å². The topological polar surface area (TPSA) is 140 Å². The molecular weight excluding hydrogens is 266 g/mol. The van der Waals surface area contributed by atoms with Crippen molar-refractivity contribution in [2.24, 2.45) is 0 Å². The fourth-order valence-corrected chi connectivity index (χ4v) is 0.944. The molecule has 16 heavy (non-hydrogen) atoms. The Morgan fingerprint density at radius 1 is 0.812 bits per heavy atom. The van der Waals surface area contributed by atoms with Gasteiger partial charge in [-0.05, 0) is 12.1 Å². The van der Waals surface area contributed by atoms with Crippen LogP contribution < -0.4 is 0 Å². The molecule has 0 fully saturated rings. The molecule has 0 saturated carbocycles. The normalized spacial score (nSPS) is 11.4. The highest BCUT2D eigenvalue weighted by atomic mass is 32.3. The van der Waals surface area contributed by atoms with Crippen LogP contribution in [0.1, 0.15) is 0 Å². The Kier molecular flexibility index (Phi) is 6.02. The summed E-state index contributed by atoms with van der Waals surface area (Å²) in [7, 11) is -10.0.